The van der Waals surface area contributed by atoms with E-state index < -0.39 is 0 Å². The van der Waals surface area contributed by atoms with Crippen LogP contribution in [0.3, 0.4) is 0 Å². The molecule has 58 valence electrons. The Morgan fingerprint density at radius 2 is 2.10 bits per heavy atom. The van der Waals surface area contributed by atoms with Crippen molar-refractivity contribution >= 4 is 5.97 Å². The van der Waals surface area contributed by atoms with Crippen LogP contribution in [-0.4, -0.2) is 13.1 Å². The first-order chi connectivity index (χ1) is 4.63. The molecule has 1 unspecified atom stereocenters. The van der Waals surface area contributed by atoms with Crippen molar-refractivity contribution in [3.8, 4) is 0 Å². The summed E-state index contributed by atoms with van der Waals surface area (Å²) in [6.07, 6.45) is 1.62. The fourth-order valence-corrected chi connectivity index (χ4v) is 0.777. The summed E-state index contributed by atoms with van der Waals surface area (Å²) in [6, 6.07) is 0. The molecule has 2 nitrogen and oxygen atoms in total. The van der Waals surface area contributed by atoms with Gasteiger partial charge >= 0.3 is 5.97 Å². The second-order valence-corrected chi connectivity index (χ2v) is 2.53. The highest BCUT2D eigenvalue weighted by Gasteiger charge is 2.18. The highest BCUT2D eigenvalue weighted by Crippen LogP contribution is 2.12. The molecule has 0 radical (unpaired) electrons. The number of ether oxygens (including phenoxy) is 1. The van der Waals surface area contributed by atoms with Crippen LogP contribution in [0.5, 0.6) is 0 Å². The third-order valence-corrected chi connectivity index (χ3v) is 1.45. The van der Waals surface area contributed by atoms with Gasteiger partial charge < -0.3 is 4.74 Å². The molecule has 0 spiro atoms. The zero-order valence-electron chi connectivity index (χ0n) is 6.76. The highest BCUT2D eigenvalue weighted by atomic mass is 16.5. The highest BCUT2D eigenvalue weighted by molar-refractivity contribution is 5.74. The van der Waals surface area contributed by atoms with E-state index in [1.807, 2.05) is 13.8 Å². The van der Waals surface area contributed by atoms with E-state index in [9.17, 15) is 4.79 Å². The van der Waals surface area contributed by atoms with Crippen molar-refractivity contribution in [1.29, 1.82) is 0 Å². The van der Waals surface area contributed by atoms with Gasteiger partial charge in [0.1, 0.15) is 0 Å². The van der Waals surface area contributed by atoms with Gasteiger partial charge in [0.15, 0.2) is 0 Å². The predicted octanol–water partition coefficient (Wildman–Crippen LogP) is 1.62. The smallest absolute Gasteiger partial charge is 0.312 e. The van der Waals surface area contributed by atoms with Crippen molar-refractivity contribution in [3.05, 3.63) is 12.7 Å². The first-order valence-corrected chi connectivity index (χ1v) is 3.33. The predicted molar refractivity (Wildman–Crippen MR) is 40.5 cm³/mol. The standard InChI is InChI=1S/C8H14O2/c1-5-7(6(2)3)8(9)10-4/h5-7H,1H2,2-4H3. The normalized spacial score (nSPS) is 12.8. The number of esters is 1. The zero-order valence-corrected chi connectivity index (χ0v) is 6.76. The lowest BCUT2D eigenvalue weighted by Crippen LogP contribution is -2.18. The molecule has 0 aliphatic heterocycles. The van der Waals surface area contributed by atoms with Crippen molar-refractivity contribution < 1.29 is 9.53 Å². The van der Waals surface area contributed by atoms with Crippen LogP contribution in [-0.2, 0) is 9.53 Å². The Morgan fingerprint density at radius 1 is 1.60 bits per heavy atom. The Bertz CT molecular complexity index is 127. The van der Waals surface area contributed by atoms with Crippen molar-refractivity contribution in [2.24, 2.45) is 11.8 Å². The average Bonchev–Trinajstić information content (AvgIpc) is 1.88. The molecule has 0 amide bonds. The van der Waals surface area contributed by atoms with E-state index in [1.54, 1.807) is 6.08 Å². The van der Waals surface area contributed by atoms with Gasteiger partial charge in [-0.25, -0.2) is 0 Å². The van der Waals surface area contributed by atoms with Crippen LogP contribution < -0.4 is 0 Å². The quantitative estimate of drug-likeness (QED) is 0.442. The third-order valence-electron chi connectivity index (χ3n) is 1.45. The lowest BCUT2D eigenvalue weighted by atomic mass is 9.96. The van der Waals surface area contributed by atoms with Gasteiger partial charge in [-0.3, -0.25) is 4.79 Å². The monoisotopic (exact) mass is 142 g/mol. The molecule has 0 bridgehead atoms. The summed E-state index contributed by atoms with van der Waals surface area (Å²) in [5, 5.41) is 0. The lowest BCUT2D eigenvalue weighted by Gasteiger charge is -2.12. The second kappa shape index (κ2) is 4.09. The molecular weight excluding hydrogens is 128 g/mol. The largest absolute Gasteiger partial charge is 0.469 e. The van der Waals surface area contributed by atoms with Crippen molar-refractivity contribution in [1.82, 2.24) is 0 Å². The van der Waals surface area contributed by atoms with Gasteiger partial charge in [-0.1, -0.05) is 19.9 Å². The lowest BCUT2D eigenvalue weighted by molar-refractivity contribution is -0.144. The van der Waals surface area contributed by atoms with E-state index in [4.69, 9.17) is 0 Å². The van der Waals surface area contributed by atoms with E-state index in [2.05, 4.69) is 11.3 Å². The summed E-state index contributed by atoms with van der Waals surface area (Å²) < 4.78 is 4.55. The Balaban J connectivity index is 4.06. The van der Waals surface area contributed by atoms with E-state index in [-0.39, 0.29) is 17.8 Å². The van der Waals surface area contributed by atoms with Crippen LogP contribution in [0, 0.1) is 11.8 Å². The van der Waals surface area contributed by atoms with Crippen LogP contribution in [0.15, 0.2) is 12.7 Å². The summed E-state index contributed by atoms with van der Waals surface area (Å²) in [5.74, 6) is -0.0973. The third kappa shape index (κ3) is 2.21. The van der Waals surface area contributed by atoms with Crippen molar-refractivity contribution in [2.45, 2.75) is 13.8 Å². The molecule has 2 heteroatoms. The molecule has 0 saturated heterocycles. The topological polar surface area (TPSA) is 26.3 Å². The second-order valence-electron chi connectivity index (χ2n) is 2.53. The fourth-order valence-electron chi connectivity index (χ4n) is 0.777. The number of methoxy groups -OCH3 is 1. The minimum atomic E-state index is -0.204. The van der Waals surface area contributed by atoms with Crippen molar-refractivity contribution in [3.63, 3.8) is 0 Å². The Labute approximate surface area is 61.9 Å². The number of carbonyl (C=O) groups excluding carboxylic acids is 1. The number of carbonyl (C=O) groups is 1. The van der Waals surface area contributed by atoms with Gasteiger partial charge in [-0.05, 0) is 5.92 Å². The molecule has 0 aromatic heterocycles. The van der Waals surface area contributed by atoms with Gasteiger partial charge in [-0.15, -0.1) is 6.58 Å². The summed E-state index contributed by atoms with van der Waals surface area (Å²) in [7, 11) is 1.39. The average molecular weight is 142 g/mol. The molecule has 0 saturated carbocycles. The summed E-state index contributed by atoms with van der Waals surface area (Å²) in [4.78, 5) is 10.9. The molecule has 0 aliphatic rings. The maximum absolute atomic E-state index is 10.9. The first kappa shape index (κ1) is 9.21. The van der Waals surface area contributed by atoms with E-state index in [0.717, 1.165) is 0 Å². The summed E-state index contributed by atoms with van der Waals surface area (Å²) >= 11 is 0. The van der Waals surface area contributed by atoms with Crippen LogP contribution in [0.2, 0.25) is 0 Å². The molecular formula is C8H14O2. The molecule has 0 aromatic carbocycles. The molecule has 0 aromatic rings. The molecule has 10 heavy (non-hydrogen) atoms. The van der Waals surface area contributed by atoms with E-state index in [0.29, 0.717) is 0 Å². The van der Waals surface area contributed by atoms with E-state index in [1.165, 1.54) is 7.11 Å². The number of rotatable bonds is 3. The van der Waals surface area contributed by atoms with Crippen molar-refractivity contribution in [2.75, 3.05) is 7.11 Å². The minimum absolute atomic E-state index is 0.162. The zero-order chi connectivity index (χ0) is 8.15. The van der Waals surface area contributed by atoms with Crippen LogP contribution >= 0.6 is 0 Å². The fraction of sp³-hybridized carbons (Fsp3) is 0.625. The van der Waals surface area contributed by atoms with Crippen LogP contribution in [0.4, 0.5) is 0 Å². The molecule has 0 heterocycles. The first-order valence-electron chi connectivity index (χ1n) is 3.33. The molecule has 0 fully saturated rings. The molecule has 0 N–H and O–H groups in total. The summed E-state index contributed by atoms with van der Waals surface area (Å²) in [6.45, 7) is 7.47. The SMILES string of the molecule is C=CC(C(=O)OC)C(C)C. The van der Waals surface area contributed by atoms with Gasteiger partial charge in [0, 0.05) is 0 Å². The Hall–Kier alpha value is -0.790. The number of hydrogen-bond donors (Lipinski definition) is 0. The molecule has 0 aliphatic carbocycles. The van der Waals surface area contributed by atoms with Gasteiger partial charge in [0.25, 0.3) is 0 Å². The van der Waals surface area contributed by atoms with Gasteiger partial charge in [-0.2, -0.15) is 0 Å². The van der Waals surface area contributed by atoms with Gasteiger partial charge in [0.05, 0.1) is 13.0 Å². The van der Waals surface area contributed by atoms with Gasteiger partial charge in [0.2, 0.25) is 0 Å². The minimum Gasteiger partial charge on any atom is -0.469 e. The molecule has 0 rings (SSSR count). The number of hydrogen-bond acceptors (Lipinski definition) is 2. The van der Waals surface area contributed by atoms with Crippen LogP contribution in [0.25, 0.3) is 0 Å². The van der Waals surface area contributed by atoms with E-state index >= 15 is 0 Å². The maximum Gasteiger partial charge on any atom is 0.312 e. The Kier molecular flexibility index (Phi) is 3.77. The maximum atomic E-state index is 10.9. The molecule has 1 atom stereocenters. The van der Waals surface area contributed by atoms with Crippen LogP contribution in [0.1, 0.15) is 13.8 Å². The summed E-state index contributed by atoms with van der Waals surface area (Å²) in [5.41, 5.74) is 0. The Morgan fingerprint density at radius 3 is 2.20 bits per heavy atom.